The van der Waals surface area contributed by atoms with E-state index < -0.39 is 133 Å². The Kier molecular flexibility index (Phi) is 17.8. The maximum atomic E-state index is 15.8. The summed E-state index contributed by atoms with van der Waals surface area (Å²) in [7, 11) is 1.19. The number of Topliss-reactive ketones (excluding diaryl/α,β-unsaturated/α-hetero) is 1. The molecule has 22 nitrogen and oxygen atoms in total. The number of aliphatic carboxylic acids is 1. The number of hydrogen-bond donors (Lipinski definition) is 12. The van der Waals surface area contributed by atoms with Crippen molar-refractivity contribution in [3.8, 4) is 51.4 Å². The van der Waals surface area contributed by atoms with Crippen molar-refractivity contribution < 1.29 is 73.7 Å². The van der Waals surface area contributed by atoms with Crippen LogP contribution < -0.4 is 31.3 Å². The van der Waals surface area contributed by atoms with Crippen LogP contribution in [0.3, 0.4) is 0 Å². The molecule has 89 heavy (non-hydrogen) atoms. The molecule has 0 radical (unpaired) electrons. The zero-order valence-corrected chi connectivity index (χ0v) is 50.0. The molecule has 12 N–H and O–H groups in total. The molecule has 0 saturated carbocycles. The number of H-pyrrole nitrogens is 1. The Labute approximate surface area is 532 Å². The second-order valence-corrected chi connectivity index (χ2v) is 23.1. The summed E-state index contributed by atoms with van der Waals surface area (Å²) < 4.78 is 6.37. The Balaban J connectivity index is 1.15. The smallest absolute Gasteiger partial charge is 0.330 e. The van der Waals surface area contributed by atoms with Crippen molar-refractivity contribution in [2.45, 2.75) is 49.1 Å². The van der Waals surface area contributed by atoms with Crippen LogP contribution in [-0.4, -0.2) is 107 Å². The van der Waals surface area contributed by atoms with Gasteiger partial charge in [-0.2, -0.15) is 0 Å². The molecular formula is C61H45Cl6N7O15. The number of ketones is 1. The molecule has 12 rings (SSSR count). The average molecular weight is 1330 g/mol. The molecule has 1 aromatic heterocycles. The number of aromatic hydroxyl groups is 5. The minimum Gasteiger partial charge on any atom is -0.508 e. The number of aromatic amines is 1. The number of carboxylic acids is 1. The molecule has 6 atom stereocenters. The van der Waals surface area contributed by atoms with E-state index in [1.807, 2.05) is 0 Å². The maximum Gasteiger partial charge on any atom is 0.330 e. The molecular weight excluding hydrogens is 1280 g/mol. The summed E-state index contributed by atoms with van der Waals surface area (Å²) in [6, 6.07) is 13.3. The number of nitrogens with one attached hydrogen (secondary N) is 6. The van der Waals surface area contributed by atoms with E-state index in [0.29, 0.717) is 22.0 Å². The lowest BCUT2D eigenvalue weighted by atomic mass is 9.94. The lowest BCUT2D eigenvalue weighted by Gasteiger charge is -2.33. The van der Waals surface area contributed by atoms with E-state index in [9.17, 15) is 49.8 Å². The van der Waals surface area contributed by atoms with Crippen molar-refractivity contribution in [2.75, 3.05) is 7.05 Å². The van der Waals surface area contributed by atoms with E-state index in [0.717, 1.165) is 41.3 Å². The van der Waals surface area contributed by atoms with Crippen molar-refractivity contribution in [1.29, 1.82) is 0 Å². The first-order valence-corrected chi connectivity index (χ1v) is 28.6. The number of fused-ring (bicyclic) bond motifs is 15. The van der Waals surface area contributed by atoms with Gasteiger partial charge in [-0.05, 0) is 118 Å². The van der Waals surface area contributed by atoms with Crippen LogP contribution in [-0.2, 0) is 46.4 Å². The minimum absolute atomic E-state index is 0.00208. The van der Waals surface area contributed by atoms with Crippen LogP contribution in [0.2, 0.25) is 30.1 Å². The van der Waals surface area contributed by atoms with Crippen LogP contribution in [0.25, 0.3) is 22.0 Å². The van der Waals surface area contributed by atoms with Crippen molar-refractivity contribution in [2.24, 2.45) is 0 Å². The Morgan fingerprint density at radius 1 is 0.607 bits per heavy atom. The van der Waals surface area contributed by atoms with Gasteiger partial charge in [-0.25, -0.2) is 4.79 Å². The maximum absolute atomic E-state index is 15.8. The van der Waals surface area contributed by atoms with E-state index >= 15 is 19.2 Å². The van der Waals surface area contributed by atoms with Gasteiger partial charge in [0.1, 0.15) is 41.7 Å². The largest absolute Gasteiger partial charge is 0.508 e. The predicted octanol–water partition coefficient (Wildman–Crippen LogP) is 9.20. The summed E-state index contributed by atoms with van der Waals surface area (Å²) in [5.74, 6) is -12.7. The van der Waals surface area contributed by atoms with Crippen LogP contribution in [0.4, 0.5) is 0 Å². The van der Waals surface area contributed by atoms with Gasteiger partial charge < -0.3 is 71.8 Å². The van der Waals surface area contributed by atoms with E-state index in [2.05, 4.69) is 31.6 Å². The van der Waals surface area contributed by atoms with E-state index in [4.69, 9.17) is 74.3 Å². The Bertz CT molecular complexity index is 4210. The summed E-state index contributed by atoms with van der Waals surface area (Å²) in [4.78, 5) is 121. The number of likely N-dealkylation sites (N-methyl/N-ethyl adjacent to an activating group) is 1. The first-order valence-electron chi connectivity index (χ1n) is 26.4. The number of ether oxygens (including phenoxy) is 1. The Hall–Kier alpha value is -9.42. The first kappa shape index (κ1) is 62.6. The fourth-order valence-electron chi connectivity index (χ4n) is 10.2. The molecule has 0 fully saturated rings. The van der Waals surface area contributed by atoms with Gasteiger partial charge >= 0.3 is 5.97 Å². The summed E-state index contributed by atoms with van der Waals surface area (Å²) in [5, 5.41) is 75.0. The molecule has 28 heteroatoms. The molecule has 5 heterocycles. The highest BCUT2D eigenvalue weighted by molar-refractivity contribution is 6.45. The third kappa shape index (κ3) is 13.0. The lowest BCUT2D eigenvalue weighted by molar-refractivity contribution is -0.145. The van der Waals surface area contributed by atoms with Gasteiger partial charge in [0.2, 0.25) is 35.3 Å². The van der Waals surface area contributed by atoms with Crippen molar-refractivity contribution in [3.63, 3.8) is 0 Å². The summed E-state index contributed by atoms with van der Waals surface area (Å²) in [6.45, 7) is 0. The van der Waals surface area contributed by atoms with E-state index in [-0.39, 0.29) is 72.7 Å². The molecule has 0 aliphatic carbocycles. The number of carboxylic acid groups (broad SMARTS) is 1. The average Bonchev–Trinajstić information content (AvgIpc) is 1.98. The van der Waals surface area contributed by atoms with Gasteiger partial charge in [-0.3, -0.25) is 33.6 Å². The van der Waals surface area contributed by atoms with E-state index in [1.165, 1.54) is 73.9 Å². The number of phenols is 5. The zero-order valence-electron chi connectivity index (χ0n) is 45.5. The number of carbonyl (C=O) groups is 8. The molecule has 0 spiro atoms. The molecule has 456 valence electrons. The van der Waals surface area contributed by atoms with Crippen molar-refractivity contribution in [1.82, 2.24) is 36.5 Å². The number of nitrogens with zero attached hydrogens (tertiary/aromatic N) is 1. The molecule has 0 unspecified atom stereocenters. The highest BCUT2D eigenvalue weighted by Gasteiger charge is 2.40. The number of amides is 6. The molecule has 4 aliphatic heterocycles. The van der Waals surface area contributed by atoms with Crippen molar-refractivity contribution in [3.05, 3.63) is 191 Å². The highest BCUT2D eigenvalue weighted by atomic mass is 35.5. The third-order valence-corrected chi connectivity index (χ3v) is 16.6. The molecule has 9 bridgehead atoms. The topological polar surface area (TPSA) is 346 Å². The van der Waals surface area contributed by atoms with Crippen LogP contribution in [0.15, 0.2) is 121 Å². The summed E-state index contributed by atoms with van der Waals surface area (Å²) in [5.41, 5.74) is 0.449. The monoisotopic (exact) mass is 1330 g/mol. The van der Waals surface area contributed by atoms with Gasteiger partial charge in [0.15, 0.2) is 34.8 Å². The summed E-state index contributed by atoms with van der Waals surface area (Å²) in [6.07, 6.45) is 0.782. The molecule has 6 amide bonds. The van der Waals surface area contributed by atoms with Crippen LogP contribution in [0.5, 0.6) is 40.2 Å². The number of aromatic nitrogens is 1. The SMILES string of the molecule is CN1C(=O)[C@@H](c2cc(Cl)c(O)c(Cl)c2)NC(=O)[C@H]2NC(=O)[C@@H](c3cc(Cl)c(O)c(Cl)c3)NC(=O)[C@@H](NC(=O)C(=O)c3cc(Cl)c(O)c(Cl)c3)Cc3c[nH]c4cc(ccc34)-c3cc2cc(c3O)Oc2ccc(cc2)C[C@H]1C(=O)N[C@H](C(=O)O)c1ccc(O)cc1. The van der Waals surface area contributed by atoms with Gasteiger partial charge in [-0.1, -0.05) is 106 Å². The van der Waals surface area contributed by atoms with Gasteiger partial charge in [0.25, 0.3) is 5.91 Å². The molecule has 0 saturated heterocycles. The lowest BCUT2D eigenvalue weighted by Crippen LogP contribution is -2.55. The molecule has 4 aliphatic rings. The fraction of sp³-hybridized carbons (Fsp3) is 0.148. The van der Waals surface area contributed by atoms with Gasteiger partial charge in [0.05, 0.1) is 30.1 Å². The van der Waals surface area contributed by atoms with Crippen LogP contribution in [0.1, 0.15) is 67.9 Å². The number of benzene rings is 7. The zero-order chi connectivity index (χ0) is 64.0. The van der Waals surface area contributed by atoms with E-state index in [1.54, 1.807) is 18.2 Å². The predicted molar refractivity (Wildman–Crippen MR) is 326 cm³/mol. The first-order chi connectivity index (χ1) is 42.2. The standard InChI is InChI=1S/C61H45Cl6N7O15/c1-74-44(56(82)73-49(61(87)88)25-4-7-32(75)8-5-25)12-24-2-9-33(10-3-24)89-45-22-27-13-35(51(45)77)26-6-11-34-31(23-68-42(34)20-26)21-43(69-59(85)50(76)30-18-40(66)54(80)41(67)19-30)55(81)70-47(28-14-36(62)52(78)37(63)15-28)57(83)71-46(27)58(84)72-48(60(74)86)29-16-38(64)53(79)39(65)17-29/h2-11,13-20,22-23,43-44,46-49,68,75,77-80H,12,21H2,1H3,(H,69,85)(H,70,81)(H,71,83)(H,72,84)(H,73,82)(H,87,88)/t43-,44-,46-,47+,48+,49-/m0/s1. The fourth-order valence-corrected chi connectivity index (χ4v) is 11.7. The highest BCUT2D eigenvalue weighted by Crippen LogP contribution is 2.44. The summed E-state index contributed by atoms with van der Waals surface area (Å²) >= 11 is 38.0. The number of phenolic OH excluding ortho intramolecular Hbond substituents is 5. The minimum atomic E-state index is -2.07. The van der Waals surface area contributed by atoms with Gasteiger partial charge in [-0.15, -0.1) is 0 Å². The number of hydrogen-bond acceptors (Lipinski definition) is 14. The Morgan fingerprint density at radius 3 is 1.71 bits per heavy atom. The second kappa shape index (κ2) is 25.4. The normalized spacial score (nSPS) is 18.2. The quantitative estimate of drug-likeness (QED) is 0.0473. The van der Waals surface area contributed by atoms with Gasteiger partial charge in [0, 0.05) is 48.1 Å². The molecule has 7 aromatic carbocycles. The number of rotatable bonds is 9. The second-order valence-electron chi connectivity index (χ2n) is 20.6. The van der Waals surface area contributed by atoms with Crippen molar-refractivity contribution >= 4 is 128 Å². The number of halogens is 6. The molecule has 8 aromatic rings. The Morgan fingerprint density at radius 2 is 1.13 bits per heavy atom. The van der Waals surface area contributed by atoms with Crippen LogP contribution in [0, 0.1) is 0 Å². The third-order valence-electron chi connectivity index (χ3n) is 14.9. The number of carbonyl (C=O) groups excluding carboxylic acids is 7. The van der Waals surface area contributed by atoms with Crippen LogP contribution >= 0.6 is 69.6 Å².